The predicted octanol–water partition coefficient (Wildman–Crippen LogP) is 4.21. The molecule has 2 aromatic carbocycles. The van der Waals surface area contributed by atoms with E-state index < -0.39 is 17.3 Å². The highest BCUT2D eigenvalue weighted by Gasteiger charge is 2.49. The van der Waals surface area contributed by atoms with Crippen molar-refractivity contribution < 1.29 is 18.8 Å². The molecule has 0 unspecified atom stereocenters. The molecular weight excluding hydrogens is 395 g/mol. The molecule has 2 aromatic rings. The van der Waals surface area contributed by atoms with Crippen LogP contribution < -0.4 is 0 Å². The molecule has 0 bridgehead atoms. The number of hydrogen-bond donors (Lipinski definition) is 0. The molecule has 2 aliphatic heterocycles. The Kier molecular flexibility index (Phi) is 5.56. The third-order valence-corrected chi connectivity index (χ3v) is 6.14. The standard InChI is InChI=1S/C22H22ClFN2O3/c23-17-7-4-8-18(24)20(17)21(28)25-13-11-22(12-14-25)10-9-19(27)26(22)29-15-16-5-2-1-3-6-16/h1-8H,9-15H2. The lowest BCUT2D eigenvalue weighted by Gasteiger charge is -2.43. The molecule has 29 heavy (non-hydrogen) atoms. The molecule has 5 nitrogen and oxygen atoms in total. The fourth-order valence-corrected chi connectivity index (χ4v) is 4.41. The number of piperidine rings is 1. The summed E-state index contributed by atoms with van der Waals surface area (Å²) in [5.74, 6) is -1.06. The zero-order valence-electron chi connectivity index (χ0n) is 15.9. The first-order valence-corrected chi connectivity index (χ1v) is 10.1. The minimum Gasteiger partial charge on any atom is -0.338 e. The van der Waals surface area contributed by atoms with Gasteiger partial charge in [-0.3, -0.25) is 14.4 Å². The lowest BCUT2D eigenvalue weighted by Crippen LogP contribution is -2.54. The van der Waals surface area contributed by atoms with E-state index in [1.807, 2.05) is 30.3 Å². The molecule has 2 amide bonds. The average Bonchev–Trinajstić information content (AvgIpc) is 3.02. The molecule has 1 spiro atoms. The maximum Gasteiger partial charge on any atom is 0.258 e. The van der Waals surface area contributed by atoms with Gasteiger partial charge in [-0.1, -0.05) is 48.0 Å². The van der Waals surface area contributed by atoms with E-state index in [1.54, 1.807) is 4.90 Å². The van der Waals surface area contributed by atoms with Crippen LogP contribution in [0.1, 0.15) is 41.6 Å². The summed E-state index contributed by atoms with van der Waals surface area (Å²) in [6.07, 6.45) is 2.31. The molecule has 2 heterocycles. The molecule has 7 heteroatoms. The third kappa shape index (κ3) is 3.87. The number of likely N-dealkylation sites (tertiary alicyclic amines) is 1. The molecule has 4 rings (SSSR count). The normalized spacial score (nSPS) is 18.5. The second-order valence-corrected chi connectivity index (χ2v) is 7.97. The van der Waals surface area contributed by atoms with E-state index in [0.29, 0.717) is 45.4 Å². The number of carbonyl (C=O) groups is 2. The van der Waals surface area contributed by atoms with E-state index in [-0.39, 0.29) is 16.5 Å². The molecule has 152 valence electrons. The van der Waals surface area contributed by atoms with Gasteiger partial charge in [0.05, 0.1) is 16.1 Å². The number of carbonyl (C=O) groups excluding carboxylic acids is 2. The van der Waals surface area contributed by atoms with Crippen LogP contribution in [-0.2, 0) is 16.2 Å². The minimum atomic E-state index is -0.619. The van der Waals surface area contributed by atoms with Crippen molar-refractivity contribution in [1.29, 1.82) is 0 Å². The molecular formula is C22H22ClFN2O3. The van der Waals surface area contributed by atoms with Crippen molar-refractivity contribution in [2.75, 3.05) is 13.1 Å². The summed E-state index contributed by atoms with van der Waals surface area (Å²) in [6.45, 7) is 1.16. The van der Waals surface area contributed by atoms with Gasteiger partial charge in [0.1, 0.15) is 12.4 Å². The Labute approximate surface area is 174 Å². The van der Waals surface area contributed by atoms with Crippen molar-refractivity contribution in [1.82, 2.24) is 9.96 Å². The Hall–Kier alpha value is -2.44. The maximum absolute atomic E-state index is 14.1. The number of benzene rings is 2. The van der Waals surface area contributed by atoms with E-state index in [2.05, 4.69) is 0 Å². The molecule has 2 fully saturated rings. The van der Waals surface area contributed by atoms with E-state index in [4.69, 9.17) is 16.4 Å². The predicted molar refractivity (Wildman–Crippen MR) is 107 cm³/mol. The van der Waals surface area contributed by atoms with Gasteiger partial charge < -0.3 is 4.90 Å². The van der Waals surface area contributed by atoms with Gasteiger partial charge in [-0.2, -0.15) is 0 Å². The lowest BCUT2D eigenvalue weighted by atomic mass is 9.85. The Bertz CT molecular complexity index is 893. The first kappa shape index (κ1) is 19.9. The fourth-order valence-electron chi connectivity index (χ4n) is 4.17. The van der Waals surface area contributed by atoms with Gasteiger partial charge in [-0.05, 0) is 37.0 Å². The van der Waals surface area contributed by atoms with Crippen LogP contribution in [0.3, 0.4) is 0 Å². The van der Waals surface area contributed by atoms with Crippen LogP contribution in [-0.4, -0.2) is 40.4 Å². The quantitative estimate of drug-likeness (QED) is 0.750. The van der Waals surface area contributed by atoms with E-state index in [1.165, 1.54) is 23.3 Å². The molecule has 2 saturated heterocycles. The van der Waals surface area contributed by atoms with Crippen molar-refractivity contribution >= 4 is 23.4 Å². The van der Waals surface area contributed by atoms with Gasteiger partial charge in [0, 0.05) is 19.5 Å². The van der Waals surface area contributed by atoms with Gasteiger partial charge in [0.25, 0.3) is 5.91 Å². The molecule has 0 N–H and O–H groups in total. The van der Waals surface area contributed by atoms with Gasteiger partial charge >= 0.3 is 0 Å². The number of amides is 2. The highest BCUT2D eigenvalue weighted by molar-refractivity contribution is 6.33. The molecule has 0 saturated carbocycles. The van der Waals surface area contributed by atoms with Gasteiger partial charge in [0.15, 0.2) is 0 Å². The topological polar surface area (TPSA) is 49.9 Å². The van der Waals surface area contributed by atoms with Crippen LogP contribution in [0, 0.1) is 5.82 Å². The lowest BCUT2D eigenvalue weighted by molar-refractivity contribution is -0.221. The van der Waals surface area contributed by atoms with Crippen molar-refractivity contribution in [2.45, 2.75) is 37.8 Å². The van der Waals surface area contributed by atoms with Crippen molar-refractivity contribution in [3.8, 4) is 0 Å². The van der Waals surface area contributed by atoms with Gasteiger partial charge in [-0.15, -0.1) is 0 Å². The van der Waals surface area contributed by atoms with Crippen LogP contribution in [0.25, 0.3) is 0 Å². The SMILES string of the molecule is O=C(c1c(F)cccc1Cl)N1CCC2(CCC(=O)N2OCc2ccccc2)CC1. The zero-order valence-corrected chi connectivity index (χ0v) is 16.7. The fraction of sp³-hybridized carbons (Fsp3) is 0.364. The summed E-state index contributed by atoms with van der Waals surface area (Å²) in [4.78, 5) is 32.8. The van der Waals surface area contributed by atoms with Crippen LogP contribution in [0.5, 0.6) is 0 Å². The number of hydrogen-bond acceptors (Lipinski definition) is 3. The number of rotatable bonds is 4. The average molecular weight is 417 g/mol. The summed E-state index contributed by atoms with van der Waals surface area (Å²) in [6, 6.07) is 13.9. The smallest absolute Gasteiger partial charge is 0.258 e. The summed E-state index contributed by atoms with van der Waals surface area (Å²) in [5, 5.41) is 1.64. The summed E-state index contributed by atoms with van der Waals surface area (Å²) >= 11 is 6.05. The minimum absolute atomic E-state index is 0.0298. The summed E-state index contributed by atoms with van der Waals surface area (Å²) in [7, 11) is 0. The van der Waals surface area contributed by atoms with Crippen molar-refractivity contribution in [2.24, 2.45) is 0 Å². The molecule has 0 atom stereocenters. The van der Waals surface area contributed by atoms with Crippen molar-refractivity contribution in [3.05, 3.63) is 70.5 Å². The summed E-state index contributed by atoms with van der Waals surface area (Å²) in [5.41, 5.74) is 0.482. The van der Waals surface area contributed by atoms with Crippen LogP contribution in [0.4, 0.5) is 4.39 Å². The number of halogens is 2. The molecule has 2 aliphatic rings. The van der Waals surface area contributed by atoms with Gasteiger partial charge in [-0.25, -0.2) is 9.45 Å². The van der Waals surface area contributed by atoms with Gasteiger partial charge in [0.2, 0.25) is 5.91 Å². The maximum atomic E-state index is 14.1. The number of nitrogens with zero attached hydrogens (tertiary/aromatic N) is 2. The van der Waals surface area contributed by atoms with E-state index in [0.717, 1.165) is 5.56 Å². The second kappa shape index (κ2) is 8.13. The Morgan fingerprint density at radius 3 is 2.48 bits per heavy atom. The Balaban J connectivity index is 1.44. The molecule has 0 aliphatic carbocycles. The Morgan fingerprint density at radius 2 is 1.79 bits per heavy atom. The first-order valence-electron chi connectivity index (χ1n) is 9.73. The third-order valence-electron chi connectivity index (χ3n) is 5.82. The highest BCUT2D eigenvalue weighted by atomic mass is 35.5. The molecule has 0 radical (unpaired) electrons. The highest BCUT2D eigenvalue weighted by Crippen LogP contribution is 2.40. The summed E-state index contributed by atoms with van der Waals surface area (Å²) < 4.78 is 14.1. The largest absolute Gasteiger partial charge is 0.338 e. The second-order valence-electron chi connectivity index (χ2n) is 7.56. The monoisotopic (exact) mass is 416 g/mol. The molecule has 0 aromatic heterocycles. The van der Waals surface area contributed by atoms with E-state index >= 15 is 0 Å². The van der Waals surface area contributed by atoms with Crippen molar-refractivity contribution in [3.63, 3.8) is 0 Å². The van der Waals surface area contributed by atoms with Crippen LogP contribution in [0.2, 0.25) is 5.02 Å². The first-order chi connectivity index (χ1) is 14.0. The van der Waals surface area contributed by atoms with Crippen LogP contribution >= 0.6 is 11.6 Å². The number of hydroxylamine groups is 2. The Morgan fingerprint density at radius 1 is 1.07 bits per heavy atom. The zero-order chi connectivity index (χ0) is 20.4. The van der Waals surface area contributed by atoms with E-state index in [9.17, 15) is 14.0 Å². The van der Waals surface area contributed by atoms with Crippen LogP contribution in [0.15, 0.2) is 48.5 Å².